The molecule has 0 radical (unpaired) electrons. The van der Waals surface area contributed by atoms with E-state index in [0.717, 1.165) is 0 Å². The second-order valence-corrected chi connectivity index (χ2v) is 5.20. The number of hydrogen-bond acceptors (Lipinski definition) is 6. The average molecular weight is 299 g/mol. The first kappa shape index (κ1) is 19.2. The molecule has 21 heavy (non-hydrogen) atoms. The molecule has 0 saturated heterocycles. The van der Waals surface area contributed by atoms with Crippen molar-refractivity contribution >= 4 is 23.9 Å². The van der Waals surface area contributed by atoms with Crippen LogP contribution in [0.5, 0.6) is 0 Å². The second-order valence-electron chi connectivity index (χ2n) is 5.20. The fourth-order valence-electron chi connectivity index (χ4n) is 1.74. The van der Waals surface area contributed by atoms with E-state index in [1.807, 2.05) is 13.8 Å². The molecule has 0 aromatic rings. The number of ketones is 1. The van der Waals surface area contributed by atoms with Gasteiger partial charge in [0.15, 0.2) is 5.78 Å². The Morgan fingerprint density at radius 2 is 1.95 bits per heavy atom. The van der Waals surface area contributed by atoms with Crippen LogP contribution < -0.4 is 11.1 Å². The molecule has 0 spiro atoms. The summed E-state index contributed by atoms with van der Waals surface area (Å²) in [5.74, 6) is -1.19. The van der Waals surface area contributed by atoms with Crippen LogP contribution in [0.25, 0.3) is 0 Å². The lowest BCUT2D eigenvalue weighted by Gasteiger charge is -2.20. The Labute approximate surface area is 125 Å². The maximum atomic E-state index is 11.9. The van der Waals surface area contributed by atoms with Crippen molar-refractivity contribution in [3.05, 3.63) is 0 Å². The van der Waals surface area contributed by atoms with E-state index in [1.54, 1.807) is 6.92 Å². The van der Waals surface area contributed by atoms with Gasteiger partial charge in [-0.2, -0.15) is 0 Å². The summed E-state index contributed by atoms with van der Waals surface area (Å²) in [5.41, 5.74) is 5.76. The van der Waals surface area contributed by atoms with E-state index in [1.165, 1.54) is 0 Å². The van der Waals surface area contributed by atoms with Gasteiger partial charge in [0.25, 0.3) is 0 Å². The van der Waals surface area contributed by atoms with Gasteiger partial charge in [-0.1, -0.05) is 13.8 Å². The summed E-state index contributed by atoms with van der Waals surface area (Å²) in [5, 5.41) is 9.35. The standard InChI is InChI=1S/C14H25N3O4/c1-4-21-14(20)12(6-5-10(18)8-15)17-13(19)11(16)7-9(2)3/h8-9,11-12,15H,4-7,16H2,1-3H3,(H,17,19). The zero-order valence-electron chi connectivity index (χ0n) is 12.8. The van der Waals surface area contributed by atoms with Crippen LogP contribution in [0, 0.1) is 11.3 Å². The minimum absolute atomic E-state index is 0.00726. The molecule has 7 nitrogen and oxygen atoms in total. The van der Waals surface area contributed by atoms with Gasteiger partial charge < -0.3 is 21.2 Å². The van der Waals surface area contributed by atoms with E-state index in [4.69, 9.17) is 15.9 Å². The quantitative estimate of drug-likeness (QED) is 0.398. The second kappa shape index (κ2) is 10.0. The molecule has 7 heteroatoms. The maximum Gasteiger partial charge on any atom is 0.328 e. The largest absolute Gasteiger partial charge is 0.464 e. The van der Waals surface area contributed by atoms with Crippen LogP contribution in [0.3, 0.4) is 0 Å². The lowest BCUT2D eigenvalue weighted by atomic mass is 10.0. The maximum absolute atomic E-state index is 11.9. The Bertz CT molecular complexity index is 382. The Hall–Kier alpha value is -1.76. The molecular weight excluding hydrogens is 274 g/mol. The highest BCUT2D eigenvalue weighted by molar-refractivity contribution is 6.26. The van der Waals surface area contributed by atoms with E-state index >= 15 is 0 Å². The number of carbonyl (C=O) groups excluding carboxylic acids is 3. The van der Waals surface area contributed by atoms with Crippen molar-refractivity contribution in [2.75, 3.05) is 6.61 Å². The third-order valence-electron chi connectivity index (χ3n) is 2.79. The number of hydrogen-bond donors (Lipinski definition) is 3. The van der Waals surface area contributed by atoms with Crippen LogP contribution in [-0.4, -0.2) is 42.6 Å². The monoisotopic (exact) mass is 299 g/mol. The Morgan fingerprint density at radius 3 is 2.43 bits per heavy atom. The topological polar surface area (TPSA) is 122 Å². The minimum Gasteiger partial charge on any atom is -0.464 e. The molecule has 4 N–H and O–H groups in total. The Balaban J connectivity index is 4.64. The molecule has 0 aliphatic heterocycles. The fraction of sp³-hybridized carbons (Fsp3) is 0.714. The molecule has 0 fully saturated rings. The van der Waals surface area contributed by atoms with Gasteiger partial charge in [-0.15, -0.1) is 0 Å². The number of nitrogens with two attached hydrogens (primary N) is 1. The molecule has 2 atom stereocenters. The summed E-state index contributed by atoms with van der Waals surface area (Å²) < 4.78 is 4.87. The van der Waals surface area contributed by atoms with Crippen molar-refractivity contribution < 1.29 is 19.1 Å². The van der Waals surface area contributed by atoms with Crippen LogP contribution in [0.4, 0.5) is 0 Å². The summed E-state index contributed by atoms with van der Waals surface area (Å²) in [6.45, 7) is 5.73. The van der Waals surface area contributed by atoms with Crippen LogP contribution in [0.2, 0.25) is 0 Å². The summed E-state index contributed by atoms with van der Waals surface area (Å²) in [7, 11) is 0. The Morgan fingerprint density at radius 1 is 1.33 bits per heavy atom. The third-order valence-corrected chi connectivity index (χ3v) is 2.79. The van der Waals surface area contributed by atoms with Crippen molar-refractivity contribution in [2.24, 2.45) is 11.7 Å². The molecule has 0 aromatic heterocycles. The molecule has 0 heterocycles. The van der Waals surface area contributed by atoms with Crippen molar-refractivity contribution in [1.29, 1.82) is 5.41 Å². The number of rotatable bonds is 10. The highest BCUT2D eigenvalue weighted by Gasteiger charge is 2.25. The molecule has 0 aromatic carbocycles. The highest BCUT2D eigenvalue weighted by atomic mass is 16.5. The number of nitrogens with one attached hydrogen (secondary N) is 2. The SMILES string of the molecule is CCOC(=O)C(CCC(=O)C=N)NC(=O)C(N)CC(C)C. The molecule has 120 valence electrons. The van der Waals surface area contributed by atoms with Gasteiger partial charge in [0.1, 0.15) is 6.04 Å². The first-order valence-electron chi connectivity index (χ1n) is 7.07. The van der Waals surface area contributed by atoms with Gasteiger partial charge in [-0.05, 0) is 25.7 Å². The van der Waals surface area contributed by atoms with Crippen molar-refractivity contribution in [3.63, 3.8) is 0 Å². The number of amides is 1. The normalized spacial score (nSPS) is 13.4. The summed E-state index contributed by atoms with van der Waals surface area (Å²) in [4.78, 5) is 34.8. The van der Waals surface area contributed by atoms with E-state index in [2.05, 4.69) is 5.32 Å². The summed E-state index contributed by atoms with van der Waals surface area (Å²) in [6.07, 6.45) is 1.27. The van der Waals surface area contributed by atoms with Gasteiger partial charge in [-0.25, -0.2) is 4.79 Å². The van der Waals surface area contributed by atoms with Crippen molar-refractivity contribution in [1.82, 2.24) is 5.32 Å². The molecule has 0 aliphatic rings. The third kappa shape index (κ3) is 8.19. The Kier molecular flexibility index (Phi) is 9.20. The predicted molar refractivity (Wildman–Crippen MR) is 79.0 cm³/mol. The molecule has 0 aliphatic carbocycles. The molecule has 1 amide bonds. The number of Topliss-reactive ketones (excluding diaryl/α,β-unsaturated/α-hetero) is 1. The lowest BCUT2D eigenvalue weighted by Crippen LogP contribution is -2.49. The number of esters is 1. The van der Waals surface area contributed by atoms with Gasteiger partial charge >= 0.3 is 5.97 Å². The summed E-state index contributed by atoms with van der Waals surface area (Å²) in [6, 6.07) is -1.63. The van der Waals surface area contributed by atoms with Gasteiger partial charge in [0.2, 0.25) is 5.91 Å². The molecule has 0 bridgehead atoms. The zero-order chi connectivity index (χ0) is 16.4. The van der Waals surface area contributed by atoms with Crippen LogP contribution in [0.1, 0.15) is 40.0 Å². The van der Waals surface area contributed by atoms with E-state index in [9.17, 15) is 14.4 Å². The molecule has 0 saturated carbocycles. The van der Waals surface area contributed by atoms with Gasteiger partial charge in [0, 0.05) is 6.42 Å². The molecular formula is C14H25N3O4. The molecule has 2 unspecified atom stereocenters. The van der Waals surface area contributed by atoms with Crippen LogP contribution in [0.15, 0.2) is 0 Å². The predicted octanol–water partition coefficient (Wildman–Crippen LogP) is 0.407. The lowest BCUT2D eigenvalue weighted by molar-refractivity contribution is -0.147. The minimum atomic E-state index is -0.917. The first-order chi connectivity index (χ1) is 9.81. The number of ether oxygens (including phenoxy) is 1. The van der Waals surface area contributed by atoms with Gasteiger partial charge in [-0.3, -0.25) is 9.59 Å². The highest BCUT2D eigenvalue weighted by Crippen LogP contribution is 2.05. The van der Waals surface area contributed by atoms with Crippen LogP contribution >= 0.6 is 0 Å². The molecule has 0 rings (SSSR count). The van der Waals surface area contributed by atoms with Crippen molar-refractivity contribution in [2.45, 2.75) is 52.1 Å². The number of carbonyl (C=O) groups is 3. The summed E-state index contributed by atoms with van der Waals surface area (Å²) >= 11 is 0. The van der Waals surface area contributed by atoms with Gasteiger partial charge in [0.05, 0.1) is 18.9 Å². The fourth-order valence-corrected chi connectivity index (χ4v) is 1.74. The van der Waals surface area contributed by atoms with Crippen LogP contribution in [-0.2, 0) is 19.1 Å². The van der Waals surface area contributed by atoms with E-state index in [0.29, 0.717) is 12.6 Å². The van der Waals surface area contributed by atoms with E-state index in [-0.39, 0.29) is 25.4 Å². The average Bonchev–Trinajstić information content (AvgIpc) is 2.41. The smallest absolute Gasteiger partial charge is 0.328 e. The first-order valence-corrected chi connectivity index (χ1v) is 7.07. The van der Waals surface area contributed by atoms with Crippen molar-refractivity contribution in [3.8, 4) is 0 Å². The zero-order valence-corrected chi connectivity index (χ0v) is 12.8. The van der Waals surface area contributed by atoms with E-state index < -0.39 is 29.7 Å².